The van der Waals surface area contributed by atoms with Gasteiger partial charge < -0.3 is 20.3 Å². The molecule has 0 unspecified atom stereocenters. The summed E-state index contributed by atoms with van der Waals surface area (Å²) in [6.07, 6.45) is 1.71. The van der Waals surface area contributed by atoms with E-state index in [1.807, 2.05) is 0 Å². The third-order valence-electron chi connectivity index (χ3n) is 5.13. The first-order valence-corrected chi connectivity index (χ1v) is 12.4. The maximum absolute atomic E-state index is 12.7. The van der Waals surface area contributed by atoms with Gasteiger partial charge in [-0.1, -0.05) is 0 Å². The van der Waals surface area contributed by atoms with Crippen molar-refractivity contribution in [2.24, 2.45) is 0 Å². The molecule has 0 amide bonds. The highest BCUT2D eigenvalue weighted by Gasteiger charge is 2.16. The highest BCUT2D eigenvalue weighted by atomic mass is 35.5. The number of rotatable bonds is 8. The van der Waals surface area contributed by atoms with Gasteiger partial charge in [-0.3, -0.25) is 4.72 Å². The molecule has 10 nitrogen and oxygen atoms in total. The van der Waals surface area contributed by atoms with Crippen LogP contribution >= 0.6 is 12.4 Å². The zero-order chi connectivity index (χ0) is 24.0. The molecule has 4 rings (SSSR count). The molecule has 1 aliphatic heterocycles. The minimum absolute atomic E-state index is 0. The van der Waals surface area contributed by atoms with Crippen LogP contribution in [0.5, 0.6) is 0 Å². The van der Waals surface area contributed by atoms with E-state index in [1.54, 1.807) is 43.5 Å². The van der Waals surface area contributed by atoms with Crippen molar-refractivity contribution in [1.29, 1.82) is 0 Å². The number of piperazine rings is 1. The molecule has 0 aliphatic carbocycles. The average molecular weight is 519 g/mol. The standard InChI is InChI=1S/C23H26N6O4S.ClH/c1-2-33-22(30)17-3-9-20(10-4-17)34(31,32)28-19-7-5-18(6-8-19)26-21-11-12-25-23(27-21)29-15-13-24-14-16-29;/h3-12,24,28H,2,13-16H2,1H3,(H,25,26,27);1H. The minimum atomic E-state index is -3.81. The number of aromatic nitrogens is 2. The lowest BCUT2D eigenvalue weighted by molar-refractivity contribution is 0.0526. The van der Waals surface area contributed by atoms with Crippen LogP contribution in [0, 0.1) is 0 Å². The van der Waals surface area contributed by atoms with E-state index in [0.717, 1.165) is 31.9 Å². The van der Waals surface area contributed by atoms with E-state index in [1.165, 1.54) is 24.3 Å². The summed E-state index contributed by atoms with van der Waals surface area (Å²) in [7, 11) is -3.81. The van der Waals surface area contributed by atoms with Crippen molar-refractivity contribution in [3.8, 4) is 0 Å². The normalized spacial score (nSPS) is 13.5. The van der Waals surface area contributed by atoms with E-state index in [4.69, 9.17) is 4.74 Å². The summed E-state index contributed by atoms with van der Waals surface area (Å²) >= 11 is 0. The summed E-state index contributed by atoms with van der Waals surface area (Å²) in [5.74, 6) is 0.828. The Balaban J connectivity index is 0.00000342. The van der Waals surface area contributed by atoms with E-state index < -0.39 is 16.0 Å². The number of esters is 1. The van der Waals surface area contributed by atoms with Crippen molar-refractivity contribution in [3.05, 3.63) is 66.4 Å². The number of sulfonamides is 1. The minimum Gasteiger partial charge on any atom is -0.462 e. The van der Waals surface area contributed by atoms with E-state index in [-0.39, 0.29) is 23.9 Å². The Labute approximate surface area is 210 Å². The largest absolute Gasteiger partial charge is 0.462 e. The molecule has 1 aliphatic rings. The second-order valence-corrected chi connectivity index (χ2v) is 9.21. The number of benzene rings is 2. The van der Waals surface area contributed by atoms with Gasteiger partial charge in [0.05, 0.1) is 17.1 Å². The van der Waals surface area contributed by atoms with Crippen LogP contribution in [0.25, 0.3) is 0 Å². The van der Waals surface area contributed by atoms with Gasteiger partial charge in [0.15, 0.2) is 0 Å². The van der Waals surface area contributed by atoms with Crippen LogP contribution in [-0.2, 0) is 14.8 Å². The van der Waals surface area contributed by atoms with Gasteiger partial charge in [-0.05, 0) is 61.5 Å². The van der Waals surface area contributed by atoms with Gasteiger partial charge in [-0.2, -0.15) is 4.98 Å². The Morgan fingerprint density at radius 2 is 1.69 bits per heavy atom. The zero-order valence-corrected chi connectivity index (χ0v) is 20.7. The molecule has 186 valence electrons. The number of hydrogen-bond donors (Lipinski definition) is 3. The molecular weight excluding hydrogens is 492 g/mol. The van der Waals surface area contributed by atoms with Gasteiger partial charge in [0.2, 0.25) is 5.95 Å². The molecule has 1 aromatic heterocycles. The predicted molar refractivity (Wildman–Crippen MR) is 137 cm³/mol. The summed E-state index contributed by atoms with van der Waals surface area (Å²) < 4.78 is 32.9. The number of halogens is 1. The molecule has 12 heteroatoms. The fourth-order valence-corrected chi connectivity index (χ4v) is 4.46. The molecule has 3 aromatic rings. The molecule has 1 saturated heterocycles. The number of anilines is 4. The van der Waals surface area contributed by atoms with Crippen LogP contribution in [0.1, 0.15) is 17.3 Å². The monoisotopic (exact) mass is 518 g/mol. The van der Waals surface area contributed by atoms with Crippen LogP contribution in [0.3, 0.4) is 0 Å². The molecule has 0 saturated carbocycles. The van der Waals surface area contributed by atoms with Crippen molar-refractivity contribution < 1.29 is 17.9 Å². The maximum atomic E-state index is 12.7. The van der Waals surface area contributed by atoms with E-state index in [2.05, 4.69) is 30.2 Å². The molecule has 0 spiro atoms. The van der Waals surface area contributed by atoms with Gasteiger partial charge in [0.1, 0.15) is 5.82 Å². The van der Waals surface area contributed by atoms with Crippen LogP contribution in [-0.4, -0.2) is 57.1 Å². The van der Waals surface area contributed by atoms with Crippen molar-refractivity contribution in [3.63, 3.8) is 0 Å². The molecular formula is C23H27ClN6O4S. The Morgan fingerprint density at radius 1 is 1.03 bits per heavy atom. The second kappa shape index (κ2) is 11.8. The van der Waals surface area contributed by atoms with Gasteiger partial charge >= 0.3 is 5.97 Å². The summed E-state index contributed by atoms with van der Waals surface area (Å²) in [5.41, 5.74) is 1.46. The van der Waals surface area contributed by atoms with Crippen LogP contribution in [0.2, 0.25) is 0 Å². The van der Waals surface area contributed by atoms with Gasteiger partial charge in [0.25, 0.3) is 10.0 Å². The molecule has 0 radical (unpaired) electrons. The average Bonchev–Trinajstić information content (AvgIpc) is 2.86. The van der Waals surface area contributed by atoms with Crippen molar-refractivity contribution in [1.82, 2.24) is 15.3 Å². The lowest BCUT2D eigenvalue weighted by atomic mass is 10.2. The predicted octanol–water partition coefficient (Wildman–Crippen LogP) is 3.03. The van der Waals surface area contributed by atoms with Crippen LogP contribution in [0.15, 0.2) is 65.7 Å². The molecule has 0 bridgehead atoms. The number of nitrogens with one attached hydrogen (secondary N) is 3. The highest BCUT2D eigenvalue weighted by molar-refractivity contribution is 7.92. The first-order valence-electron chi connectivity index (χ1n) is 10.9. The number of carbonyl (C=O) groups excluding carboxylic acids is 1. The Bertz CT molecular complexity index is 1230. The SMILES string of the molecule is CCOC(=O)c1ccc(S(=O)(=O)Nc2ccc(Nc3ccnc(N4CCNCC4)n3)cc2)cc1.Cl. The Kier molecular flexibility index (Phi) is 8.85. The molecule has 2 aromatic carbocycles. The van der Waals surface area contributed by atoms with Crippen molar-refractivity contribution in [2.75, 3.05) is 47.7 Å². The summed E-state index contributed by atoms with van der Waals surface area (Å²) in [5, 5.41) is 6.52. The third-order valence-corrected chi connectivity index (χ3v) is 6.53. The van der Waals surface area contributed by atoms with Crippen molar-refractivity contribution in [2.45, 2.75) is 11.8 Å². The zero-order valence-electron chi connectivity index (χ0n) is 19.1. The summed E-state index contributed by atoms with van der Waals surface area (Å²) in [6, 6.07) is 14.2. The molecule has 35 heavy (non-hydrogen) atoms. The molecule has 0 atom stereocenters. The Morgan fingerprint density at radius 3 is 2.34 bits per heavy atom. The lowest BCUT2D eigenvalue weighted by Gasteiger charge is -2.27. The van der Waals surface area contributed by atoms with Crippen LogP contribution in [0.4, 0.5) is 23.1 Å². The number of hydrogen-bond acceptors (Lipinski definition) is 9. The topological polar surface area (TPSA) is 126 Å². The smallest absolute Gasteiger partial charge is 0.338 e. The summed E-state index contributed by atoms with van der Waals surface area (Å²) in [4.78, 5) is 22.9. The number of nitrogens with zero attached hydrogens (tertiary/aromatic N) is 3. The lowest BCUT2D eigenvalue weighted by Crippen LogP contribution is -2.44. The summed E-state index contributed by atoms with van der Waals surface area (Å²) in [6.45, 7) is 5.45. The van der Waals surface area contributed by atoms with Gasteiger partial charge in [0, 0.05) is 43.8 Å². The second-order valence-electron chi connectivity index (χ2n) is 7.53. The number of carbonyl (C=O) groups is 1. The van der Waals surface area contributed by atoms with Gasteiger partial charge in [-0.15, -0.1) is 12.4 Å². The fraction of sp³-hybridized carbons (Fsp3) is 0.261. The van der Waals surface area contributed by atoms with Crippen molar-refractivity contribution >= 4 is 51.5 Å². The number of ether oxygens (including phenoxy) is 1. The quantitative estimate of drug-likeness (QED) is 0.386. The Hall–Kier alpha value is -3.41. The third kappa shape index (κ3) is 6.81. The maximum Gasteiger partial charge on any atom is 0.338 e. The highest BCUT2D eigenvalue weighted by Crippen LogP contribution is 2.22. The van der Waals surface area contributed by atoms with E-state index in [9.17, 15) is 13.2 Å². The van der Waals surface area contributed by atoms with E-state index in [0.29, 0.717) is 23.0 Å². The fourth-order valence-electron chi connectivity index (χ4n) is 3.40. The first kappa shape index (κ1) is 26.2. The first-order chi connectivity index (χ1) is 16.4. The van der Waals surface area contributed by atoms with Gasteiger partial charge in [-0.25, -0.2) is 18.2 Å². The molecule has 3 N–H and O–H groups in total. The molecule has 1 fully saturated rings. The molecule has 2 heterocycles. The van der Waals surface area contributed by atoms with Crippen LogP contribution < -0.4 is 20.3 Å². The van der Waals surface area contributed by atoms with E-state index >= 15 is 0 Å².